The van der Waals surface area contributed by atoms with Crippen LogP contribution in [0.1, 0.15) is 38.2 Å². The minimum Gasteiger partial charge on any atom is -0.460 e. The van der Waals surface area contributed by atoms with Crippen molar-refractivity contribution in [3.05, 3.63) is 35.9 Å². The summed E-state index contributed by atoms with van der Waals surface area (Å²) in [4.78, 5) is 14.4. The molecule has 1 aliphatic rings. The molecule has 1 atom stereocenters. The van der Waals surface area contributed by atoms with Gasteiger partial charge in [0.05, 0.1) is 0 Å². The van der Waals surface area contributed by atoms with Crippen LogP contribution >= 0.6 is 0 Å². The first kappa shape index (κ1) is 14.1. The lowest BCUT2D eigenvalue weighted by molar-refractivity contribution is -0.150. The van der Waals surface area contributed by atoms with Crippen molar-refractivity contribution in [1.29, 1.82) is 0 Å². The summed E-state index contributed by atoms with van der Waals surface area (Å²) in [5.74, 6) is -0.0579. The molecule has 0 N–H and O–H groups in total. The van der Waals surface area contributed by atoms with Crippen LogP contribution in [0.25, 0.3) is 0 Å². The van der Waals surface area contributed by atoms with Gasteiger partial charge in [0.2, 0.25) is 0 Å². The highest BCUT2D eigenvalue weighted by molar-refractivity contribution is 5.76. The molecule has 1 heterocycles. The third kappa shape index (κ3) is 4.06. The predicted octanol–water partition coefficient (Wildman–Crippen LogP) is 2.99. The summed E-state index contributed by atoms with van der Waals surface area (Å²) in [6.07, 6.45) is 4.37. The molecule has 1 aromatic rings. The maximum atomic E-state index is 12.1. The highest BCUT2D eigenvalue weighted by Crippen LogP contribution is 2.19. The highest BCUT2D eigenvalue weighted by Gasteiger charge is 2.31. The molecule has 19 heavy (non-hydrogen) atoms. The van der Waals surface area contributed by atoms with Crippen LogP contribution in [0.3, 0.4) is 0 Å². The van der Waals surface area contributed by atoms with Crippen LogP contribution in [0.15, 0.2) is 30.3 Å². The predicted molar refractivity (Wildman–Crippen MR) is 75.7 cm³/mol. The van der Waals surface area contributed by atoms with Gasteiger partial charge < -0.3 is 4.74 Å². The molecule has 3 heteroatoms. The number of nitrogens with zero attached hydrogens (tertiary/aromatic N) is 1. The molecular weight excluding hydrogens is 238 g/mol. The molecule has 0 bridgehead atoms. The van der Waals surface area contributed by atoms with E-state index in [1.165, 1.54) is 6.42 Å². The molecule has 0 aromatic heterocycles. The minimum atomic E-state index is -0.0579. The van der Waals surface area contributed by atoms with Crippen LogP contribution in [-0.4, -0.2) is 30.0 Å². The summed E-state index contributed by atoms with van der Waals surface area (Å²) in [6, 6.07) is 9.84. The van der Waals surface area contributed by atoms with Crippen molar-refractivity contribution in [2.24, 2.45) is 0 Å². The third-order valence-electron chi connectivity index (χ3n) is 3.66. The quantitative estimate of drug-likeness (QED) is 0.737. The molecule has 0 saturated carbocycles. The Balaban J connectivity index is 1.82. The topological polar surface area (TPSA) is 29.5 Å². The monoisotopic (exact) mass is 261 g/mol. The van der Waals surface area contributed by atoms with E-state index in [4.69, 9.17) is 4.74 Å². The van der Waals surface area contributed by atoms with Crippen molar-refractivity contribution in [3.8, 4) is 0 Å². The Labute approximate surface area is 115 Å². The van der Waals surface area contributed by atoms with Gasteiger partial charge in [-0.3, -0.25) is 9.69 Å². The number of likely N-dealkylation sites (tertiary alicyclic amines) is 1. The molecule has 0 aliphatic carbocycles. The van der Waals surface area contributed by atoms with Crippen LogP contribution in [0, 0.1) is 0 Å². The lowest BCUT2D eigenvalue weighted by Crippen LogP contribution is -2.37. The number of unbranched alkanes of at least 4 members (excludes halogenated alkanes) is 1. The van der Waals surface area contributed by atoms with Crippen LogP contribution in [-0.2, 0) is 16.1 Å². The SMILES string of the molecule is CCCCN1CCCC1C(=O)OCc1ccccc1. The molecule has 2 rings (SSSR count). The smallest absolute Gasteiger partial charge is 0.323 e. The zero-order valence-corrected chi connectivity index (χ0v) is 11.7. The van der Waals surface area contributed by atoms with Crippen LogP contribution in [0.2, 0.25) is 0 Å². The van der Waals surface area contributed by atoms with Crippen molar-refractivity contribution in [3.63, 3.8) is 0 Å². The van der Waals surface area contributed by atoms with E-state index in [9.17, 15) is 4.79 Å². The largest absolute Gasteiger partial charge is 0.460 e. The van der Waals surface area contributed by atoms with Gasteiger partial charge >= 0.3 is 5.97 Å². The summed E-state index contributed by atoms with van der Waals surface area (Å²) >= 11 is 0. The van der Waals surface area contributed by atoms with Gasteiger partial charge in [0.15, 0.2) is 0 Å². The molecule has 1 aromatic carbocycles. The summed E-state index contributed by atoms with van der Waals surface area (Å²) in [7, 11) is 0. The van der Waals surface area contributed by atoms with Gasteiger partial charge in [-0.2, -0.15) is 0 Å². The minimum absolute atomic E-state index is 0.0183. The molecule has 1 fully saturated rings. The molecule has 1 unspecified atom stereocenters. The van der Waals surface area contributed by atoms with E-state index in [1.807, 2.05) is 30.3 Å². The van der Waals surface area contributed by atoms with Crippen molar-refractivity contribution < 1.29 is 9.53 Å². The highest BCUT2D eigenvalue weighted by atomic mass is 16.5. The molecular formula is C16H23NO2. The lowest BCUT2D eigenvalue weighted by atomic mass is 10.2. The Hall–Kier alpha value is -1.35. The maximum absolute atomic E-state index is 12.1. The van der Waals surface area contributed by atoms with Gasteiger partial charge in [0.25, 0.3) is 0 Å². The fourth-order valence-corrected chi connectivity index (χ4v) is 2.55. The Kier molecular flexibility index (Phi) is 5.40. The van der Waals surface area contributed by atoms with Gasteiger partial charge in [-0.1, -0.05) is 43.7 Å². The van der Waals surface area contributed by atoms with E-state index in [1.54, 1.807) is 0 Å². The number of ether oxygens (including phenoxy) is 1. The summed E-state index contributed by atoms with van der Waals surface area (Å²) < 4.78 is 5.44. The zero-order valence-electron chi connectivity index (χ0n) is 11.7. The second-order valence-corrected chi connectivity index (χ2v) is 5.14. The number of hydrogen-bond acceptors (Lipinski definition) is 3. The fraction of sp³-hybridized carbons (Fsp3) is 0.562. The maximum Gasteiger partial charge on any atom is 0.323 e. The molecule has 104 valence electrons. The van der Waals surface area contributed by atoms with Gasteiger partial charge in [-0.25, -0.2) is 0 Å². The van der Waals surface area contributed by atoms with E-state index in [-0.39, 0.29) is 12.0 Å². The van der Waals surface area contributed by atoms with Gasteiger partial charge in [-0.15, -0.1) is 0 Å². The average molecular weight is 261 g/mol. The Morgan fingerprint density at radius 1 is 1.37 bits per heavy atom. The van der Waals surface area contributed by atoms with Crippen LogP contribution in [0.5, 0.6) is 0 Å². The third-order valence-corrected chi connectivity index (χ3v) is 3.66. The van der Waals surface area contributed by atoms with E-state index < -0.39 is 0 Å². The molecule has 1 aliphatic heterocycles. The zero-order chi connectivity index (χ0) is 13.5. The van der Waals surface area contributed by atoms with E-state index in [2.05, 4.69) is 11.8 Å². The van der Waals surface area contributed by atoms with E-state index in [0.717, 1.165) is 37.9 Å². The Morgan fingerprint density at radius 3 is 2.89 bits per heavy atom. The number of benzene rings is 1. The van der Waals surface area contributed by atoms with Crippen molar-refractivity contribution >= 4 is 5.97 Å². The summed E-state index contributed by atoms with van der Waals surface area (Å²) in [6.45, 7) is 4.61. The first-order valence-corrected chi connectivity index (χ1v) is 7.26. The van der Waals surface area contributed by atoms with Crippen LogP contribution < -0.4 is 0 Å². The summed E-state index contributed by atoms with van der Waals surface area (Å²) in [5, 5.41) is 0. The molecule has 1 saturated heterocycles. The number of carbonyl (C=O) groups is 1. The van der Waals surface area contributed by atoms with Gasteiger partial charge in [-0.05, 0) is 37.9 Å². The Bertz CT molecular complexity index is 391. The standard InChI is InChI=1S/C16H23NO2/c1-2-3-11-17-12-7-10-15(17)16(18)19-13-14-8-5-4-6-9-14/h4-6,8-9,15H,2-3,7,10-13H2,1H3. The average Bonchev–Trinajstić information content (AvgIpc) is 2.92. The molecule has 3 nitrogen and oxygen atoms in total. The van der Waals surface area contributed by atoms with E-state index in [0.29, 0.717) is 6.61 Å². The lowest BCUT2D eigenvalue weighted by Gasteiger charge is -2.22. The van der Waals surface area contributed by atoms with E-state index >= 15 is 0 Å². The number of carbonyl (C=O) groups excluding carboxylic acids is 1. The van der Waals surface area contributed by atoms with Crippen molar-refractivity contribution in [2.45, 2.75) is 45.3 Å². The van der Waals surface area contributed by atoms with Gasteiger partial charge in [0, 0.05) is 0 Å². The molecule has 0 radical (unpaired) electrons. The van der Waals surface area contributed by atoms with Crippen molar-refractivity contribution in [2.75, 3.05) is 13.1 Å². The molecule has 0 amide bonds. The van der Waals surface area contributed by atoms with Crippen LogP contribution in [0.4, 0.5) is 0 Å². The summed E-state index contributed by atoms with van der Waals surface area (Å²) in [5.41, 5.74) is 1.05. The first-order chi connectivity index (χ1) is 9.31. The number of rotatable bonds is 6. The van der Waals surface area contributed by atoms with Crippen molar-refractivity contribution in [1.82, 2.24) is 4.90 Å². The second-order valence-electron chi connectivity index (χ2n) is 5.14. The number of hydrogen-bond donors (Lipinski definition) is 0. The number of esters is 1. The Morgan fingerprint density at radius 2 is 2.16 bits per heavy atom. The second kappa shape index (κ2) is 7.29. The fourth-order valence-electron chi connectivity index (χ4n) is 2.55. The normalized spacial score (nSPS) is 19.5. The molecule has 0 spiro atoms. The van der Waals surface area contributed by atoms with Gasteiger partial charge in [0.1, 0.15) is 12.6 Å². The first-order valence-electron chi connectivity index (χ1n) is 7.26.